The molecule has 8 heteroatoms. The molecule has 0 fully saturated rings. The van der Waals surface area contributed by atoms with Crippen LogP contribution in [0, 0.1) is 11.3 Å². The molecule has 0 aliphatic carbocycles. The van der Waals surface area contributed by atoms with E-state index < -0.39 is 12.0 Å². The fraction of sp³-hybridized carbons (Fsp3) is 0.160. The van der Waals surface area contributed by atoms with Gasteiger partial charge in [-0.25, -0.2) is 9.86 Å². The van der Waals surface area contributed by atoms with Gasteiger partial charge in [-0.05, 0) is 47.5 Å². The molecule has 3 aromatic rings. The first-order valence-electron chi connectivity index (χ1n) is 10.0. The van der Waals surface area contributed by atoms with Crippen molar-refractivity contribution in [2.24, 2.45) is 0 Å². The summed E-state index contributed by atoms with van der Waals surface area (Å²) in [6.45, 7) is 0.0544. The van der Waals surface area contributed by atoms with Crippen molar-refractivity contribution < 1.29 is 24.3 Å². The number of esters is 1. The standard InChI is InChI=1S/C25H22N2O5S/c1-31-25(29)23-4-2-3-5-24(23)33-16-21(27(30)17-28)15-32-22-12-10-20(11-13-22)19-8-6-18(14-26)7-9-19/h2-13,17,21,30H,15-16H2,1H3/t21-/m1/s1. The van der Waals surface area contributed by atoms with E-state index in [9.17, 15) is 14.8 Å². The molecule has 0 aromatic heterocycles. The van der Waals surface area contributed by atoms with E-state index in [1.807, 2.05) is 24.3 Å². The zero-order valence-corrected chi connectivity index (χ0v) is 18.7. The van der Waals surface area contributed by atoms with Gasteiger partial charge in [0.25, 0.3) is 0 Å². The molecule has 1 atom stereocenters. The van der Waals surface area contributed by atoms with E-state index in [-0.39, 0.29) is 6.61 Å². The number of nitriles is 1. The average molecular weight is 463 g/mol. The number of nitrogens with zero attached hydrogens (tertiary/aromatic N) is 2. The van der Waals surface area contributed by atoms with Gasteiger partial charge < -0.3 is 9.47 Å². The van der Waals surface area contributed by atoms with Crippen LogP contribution >= 0.6 is 11.8 Å². The number of carbonyl (C=O) groups is 2. The molecule has 0 aliphatic heterocycles. The third kappa shape index (κ3) is 6.35. The van der Waals surface area contributed by atoms with Gasteiger partial charge in [-0.2, -0.15) is 5.26 Å². The van der Waals surface area contributed by atoms with Crippen molar-refractivity contribution in [1.82, 2.24) is 5.06 Å². The van der Waals surface area contributed by atoms with E-state index >= 15 is 0 Å². The molecule has 1 N–H and O–H groups in total. The zero-order chi connectivity index (χ0) is 23.6. The third-order valence-electron chi connectivity index (χ3n) is 4.85. The number of rotatable bonds is 10. The minimum atomic E-state index is -0.642. The molecular weight excluding hydrogens is 440 g/mol. The highest BCUT2D eigenvalue weighted by molar-refractivity contribution is 7.99. The van der Waals surface area contributed by atoms with Crippen LogP contribution in [-0.2, 0) is 9.53 Å². The van der Waals surface area contributed by atoms with Crippen molar-refractivity contribution in [3.8, 4) is 22.9 Å². The highest BCUT2D eigenvalue weighted by Crippen LogP contribution is 2.26. The minimum absolute atomic E-state index is 0.0544. The van der Waals surface area contributed by atoms with Gasteiger partial charge in [0.15, 0.2) is 0 Å². The largest absolute Gasteiger partial charge is 0.491 e. The lowest BCUT2D eigenvalue weighted by Crippen LogP contribution is -2.38. The number of benzene rings is 3. The lowest BCUT2D eigenvalue weighted by molar-refractivity contribution is -0.160. The summed E-state index contributed by atoms with van der Waals surface area (Å²) in [4.78, 5) is 23.8. The summed E-state index contributed by atoms with van der Waals surface area (Å²) in [6.07, 6.45) is 0.328. The van der Waals surface area contributed by atoms with Crippen molar-refractivity contribution in [2.75, 3.05) is 19.5 Å². The van der Waals surface area contributed by atoms with Gasteiger partial charge in [0, 0.05) is 10.6 Å². The summed E-state index contributed by atoms with van der Waals surface area (Å²) in [5, 5.41) is 19.5. The van der Waals surface area contributed by atoms with E-state index in [0.29, 0.717) is 39.0 Å². The smallest absolute Gasteiger partial charge is 0.338 e. The van der Waals surface area contributed by atoms with Crippen molar-refractivity contribution in [1.29, 1.82) is 5.26 Å². The Balaban J connectivity index is 1.64. The fourth-order valence-electron chi connectivity index (χ4n) is 3.02. The predicted molar refractivity (Wildman–Crippen MR) is 124 cm³/mol. The molecular formula is C25H22N2O5S. The Hall–Kier alpha value is -3.80. The number of carbonyl (C=O) groups excluding carboxylic acids is 2. The summed E-state index contributed by atoms with van der Waals surface area (Å²) in [5.74, 6) is 0.424. The SMILES string of the molecule is COC(=O)c1ccccc1SC[C@@H](COc1ccc(-c2ccc(C#N)cc2)cc1)N(O)C=O. The zero-order valence-electron chi connectivity index (χ0n) is 17.9. The molecule has 0 radical (unpaired) electrons. The maximum atomic E-state index is 12.0. The molecule has 0 heterocycles. The Morgan fingerprint density at radius 2 is 1.73 bits per heavy atom. The van der Waals surface area contributed by atoms with Crippen LogP contribution in [0.15, 0.2) is 77.7 Å². The van der Waals surface area contributed by atoms with Gasteiger partial charge in [0.2, 0.25) is 6.41 Å². The lowest BCUT2D eigenvalue weighted by Gasteiger charge is -2.23. The van der Waals surface area contributed by atoms with E-state index in [0.717, 1.165) is 11.1 Å². The Morgan fingerprint density at radius 1 is 1.09 bits per heavy atom. The molecule has 168 valence electrons. The highest BCUT2D eigenvalue weighted by atomic mass is 32.2. The second-order valence-electron chi connectivity index (χ2n) is 6.96. The second kappa shape index (κ2) is 11.7. The number of thioether (sulfide) groups is 1. The van der Waals surface area contributed by atoms with E-state index in [1.54, 1.807) is 48.5 Å². The van der Waals surface area contributed by atoms with Crippen LogP contribution in [0.1, 0.15) is 15.9 Å². The Labute approximate surface area is 196 Å². The van der Waals surface area contributed by atoms with Gasteiger partial charge in [-0.15, -0.1) is 11.8 Å². The minimum Gasteiger partial charge on any atom is -0.491 e. The maximum Gasteiger partial charge on any atom is 0.338 e. The summed E-state index contributed by atoms with van der Waals surface area (Å²) in [5.41, 5.74) is 2.95. The summed E-state index contributed by atoms with van der Waals surface area (Å²) in [6, 6.07) is 23.1. The topological polar surface area (TPSA) is 99.9 Å². The molecule has 7 nitrogen and oxygen atoms in total. The maximum absolute atomic E-state index is 12.0. The average Bonchev–Trinajstić information content (AvgIpc) is 2.88. The van der Waals surface area contributed by atoms with Crippen LogP contribution in [0.3, 0.4) is 0 Å². The van der Waals surface area contributed by atoms with Crippen LogP contribution in [0.25, 0.3) is 11.1 Å². The molecule has 0 saturated heterocycles. The number of hydroxylamine groups is 2. The van der Waals surface area contributed by atoms with Crippen molar-refractivity contribution in [3.05, 3.63) is 83.9 Å². The molecule has 0 spiro atoms. The van der Waals surface area contributed by atoms with E-state index in [1.165, 1.54) is 18.9 Å². The number of hydrogen-bond acceptors (Lipinski definition) is 7. The van der Waals surface area contributed by atoms with Crippen LogP contribution < -0.4 is 4.74 Å². The van der Waals surface area contributed by atoms with Crippen LogP contribution in [0.2, 0.25) is 0 Å². The lowest BCUT2D eigenvalue weighted by atomic mass is 10.0. The summed E-state index contributed by atoms with van der Waals surface area (Å²) in [7, 11) is 1.31. The molecule has 3 aromatic carbocycles. The first kappa shape index (κ1) is 23.9. The van der Waals surface area contributed by atoms with E-state index in [4.69, 9.17) is 14.7 Å². The van der Waals surface area contributed by atoms with Crippen molar-refractivity contribution >= 4 is 24.1 Å². The van der Waals surface area contributed by atoms with Gasteiger partial charge in [-0.3, -0.25) is 10.0 Å². The molecule has 33 heavy (non-hydrogen) atoms. The van der Waals surface area contributed by atoms with Crippen LogP contribution in [0.5, 0.6) is 5.75 Å². The summed E-state index contributed by atoms with van der Waals surface area (Å²) >= 11 is 1.32. The van der Waals surface area contributed by atoms with Crippen molar-refractivity contribution in [3.63, 3.8) is 0 Å². The molecule has 1 amide bonds. The molecule has 0 bridgehead atoms. The van der Waals surface area contributed by atoms with Crippen LogP contribution in [-0.4, -0.2) is 48.2 Å². The van der Waals surface area contributed by atoms with Crippen molar-refractivity contribution in [2.45, 2.75) is 10.9 Å². The van der Waals surface area contributed by atoms with Crippen LogP contribution in [0.4, 0.5) is 0 Å². The summed E-state index contributed by atoms with van der Waals surface area (Å²) < 4.78 is 10.6. The number of methoxy groups -OCH3 is 1. The Kier molecular flexibility index (Phi) is 8.47. The first-order valence-corrected chi connectivity index (χ1v) is 11.0. The predicted octanol–water partition coefficient (Wildman–Crippen LogP) is 4.40. The highest BCUT2D eigenvalue weighted by Gasteiger charge is 2.19. The molecule has 0 unspecified atom stereocenters. The van der Waals surface area contributed by atoms with E-state index in [2.05, 4.69) is 6.07 Å². The number of ether oxygens (including phenoxy) is 2. The normalized spacial score (nSPS) is 11.2. The monoisotopic (exact) mass is 462 g/mol. The number of hydrogen-bond donors (Lipinski definition) is 1. The van der Waals surface area contributed by atoms with Gasteiger partial charge in [0.05, 0.1) is 24.3 Å². The first-order chi connectivity index (χ1) is 16.0. The Bertz CT molecular complexity index is 1130. The Morgan fingerprint density at radius 3 is 2.33 bits per heavy atom. The second-order valence-corrected chi connectivity index (χ2v) is 8.02. The van der Waals surface area contributed by atoms with Gasteiger partial charge >= 0.3 is 5.97 Å². The molecule has 0 aliphatic rings. The third-order valence-corrected chi connectivity index (χ3v) is 6.07. The molecule has 0 saturated carbocycles. The number of amides is 1. The molecule has 3 rings (SSSR count). The quantitative estimate of drug-likeness (QED) is 0.157. The fourth-order valence-corrected chi connectivity index (χ4v) is 4.12. The van der Waals surface area contributed by atoms with Gasteiger partial charge in [0.1, 0.15) is 18.4 Å². The van der Waals surface area contributed by atoms with Gasteiger partial charge in [-0.1, -0.05) is 36.4 Å².